The van der Waals surface area contributed by atoms with Crippen molar-refractivity contribution in [2.24, 2.45) is 0 Å². The minimum absolute atomic E-state index is 0.0220. The topological polar surface area (TPSA) is 64.0 Å². The number of halogens is 1. The van der Waals surface area contributed by atoms with E-state index in [1.54, 1.807) is 34.9 Å². The Morgan fingerprint density at radius 3 is 2.69 bits per heavy atom. The predicted octanol–water partition coefficient (Wildman–Crippen LogP) is 3.96. The summed E-state index contributed by atoms with van der Waals surface area (Å²) >= 11 is 1.24. The van der Waals surface area contributed by atoms with E-state index in [4.69, 9.17) is 0 Å². The highest BCUT2D eigenvalue weighted by molar-refractivity contribution is 7.99. The highest BCUT2D eigenvalue weighted by atomic mass is 32.2. The van der Waals surface area contributed by atoms with E-state index in [1.807, 2.05) is 26.0 Å². The molecule has 0 bridgehead atoms. The molecule has 7 heteroatoms. The Kier molecular flexibility index (Phi) is 7.04. The molecule has 0 saturated carbocycles. The fourth-order valence-corrected chi connectivity index (χ4v) is 3.94. The van der Waals surface area contributed by atoms with E-state index in [0.717, 1.165) is 6.42 Å². The number of rotatable bonds is 8. The summed E-state index contributed by atoms with van der Waals surface area (Å²) in [4.78, 5) is 29.8. The Morgan fingerprint density at radius 2 is 1.93 bits per heavy atom. The van der Waals surface area contributed by atoms with Crippen LogP contribution in [0.15, 0.2) is 58.5 Å². The molecule has 0 unspecified atom stereocenters. The second-order valence-corrected chi connectivity index (χ2v) is 7.77. The Morgan fingerprint density at radius 1 is 1.21 bits per heavy atom. The van der Waals surface area contributed by atoms with Crippen LogP contribution in [0.2, 0.25) is 0 Å². The number of aromatic nitrogens is 2. The Hall–Kier alpha value is -2.67. The third kappa shape index (κ3) is 5.03. The van der Waals surface area contributed by atoms with Crippen LogP contribution in [0.3, 0.4) is 0 Å². The highest BCUT2D eigenvalue weighted by Crippen LogP contribution is 2.22. The van der Waals surface area contributed by atoms with E-state index >= 15 is 0 Å². The van der Waals surface area contributed by atoms with Crippen molar-refractivity contribution in [3.63, 3.8) is 0 Å². The van der Waals surface area contributed by atoms with E-state index in [2.05, 4.69) is 10.3 Å². The van der Waals surface area contributed by atoms with E-state index in [1.165, 1.54) is 17.8 Å². The molecule has 0 saturated heterocycles. The van der Waals surface area contributed by atoms with Crippen molar-refractivity contribution in [1.29, 1.82) is 0 Å². The number of carbonyl (C=O) groups excluding carboxylic acids is 1. The summed E-state index contributed by atoms with van der Waals surface area (Å²) < 4.78 is 15.3. The van der Waals surface area contributed by atoms with Crippen LogP contribution in [0.5, 0.6) is 0 Å². The lowest BCUT2D eigenvalue weighted by atomic mass is 10.1. The zero-order valence-corrected chi connectivity index (χ0v) is 17.3. The molecule has 0 radical (unpaired) electrons. The predicted molar refractivity (Wildman–Crippen MR) is 115 cm³/mol. The van der Waals surface area contributed by atoms with Gasteiger partial charge in [-0.3, -0.25) is 14.2 Å². The van der Waals surface area contributed by atoms with Crippen LogP contribution in [0.1, 0.15) is 31.9 Å². The number of para-hydroxylation sites is 1. The summed E-state index contributed by atoms with van der Waals surface area (Å²) in [5.41, 5.74) is 1.11. The summed E-state index contributed by atoms with van der Waals surface area (Å²) in [6.07, 6.45) is 1.21. The summed E-state index contributed by atoms with van der Waals surface area (Å²) in [6.45, 7) is 4.33. The molecule has 5 nitrogen and oxygen atoms in total. The van der Waals surface area contributed by atoms with Gasteiger partial charge in [0.2, 0.25) is 5.91 Å². The van der Waals surface area contributed by atoms with Crippen molar-refractivity contribution >= 4 is 28.6 Å². The number of thioether (sulfide) groups is 1. The Bertz CT molecular complexity index is 1070. The average Bonchev–Trinajstić information content (AvgIpc) is 2.73. The van der Waals surface area contributed by atoms with Gasteiger partial charge in [0.05, 0.1) is 16.7 Å². The first-order valence-corrected chi connectivity index (χ1v) is 10.6. The van der Waals surface area contributed by atoms with Gasteiger partial charge in [-0.25, -0.2) is 9.37 Å². The lowest BCUT2D eigenvalue weighted by Crippen LogP contribution is -2.29. The lowest BCUT2D eigenvalue weighted by molar-refractivity contribution is -0.118. The molecular formula is C22H24FN3O2S. The Balaban J connectivity index is 1.68. The standard InChI is InChI=1S/C22H24FN3O2S/c1-3-15(2)26-21(28)17-9-5-7-11-19(17)25-22(26)29-14-20(27)24-13-12-16-8-4-6-10-18(16)23/h4-11,15H,3,12-14H2,1-2H3,(H,24,27)/t15-/m0/s1. The molecule has 2 aromatic carbocycles. The summed E-state index contributed by atoms with van der Waals surface area (Å²) in [5.74, 6) is -0.308. The zero-order chi connectivity index (χ0) is 20.8. The highest BCUT2D eigenvalue weighted by Gasteiger charge is 2.16. The van der Waals surface area contributed by atoms with E-state index in [9.17, 15) is 14.0 Å². The fourth-order valence-electron chi connectivity index (χ4n) is 3.02. The number of fused-ring (bicyclic) bond motifs is 1. The molecule has 1 amide bonds. The lowest BCUT2D eigenvalue weighted by Gasteiger charge is -2.18. The molecule has 152 valence electrons. The number of carbonyl (C=O) groups is 1. The van der Waals surface area contributed by atoms with Crippen LogP contribution >= 0.6 is 11.8 Å². The normalized spacial score (nSPS) is 12.1. The summed E-state index contributed by atoms with van der Waals surface area (Å²) in [6, 6.07) is 13.7. The van der Waals surface area contributed by atoms with Crippen molar-refractivity contribution in [2.75, 3.05) is 12.3 Å². The minimum Gasteiger partial charge on any atom is -0.355 e. The van der Waals surface area contributed by atoms with Crippen LogP contribution in [-0.2, 0) is 11.2 Å². The number of nitrogens with zero attached hydrogens (tertiary/aromatic N) is 2. The van der Waals surface area contributed by atoms with Crippen molar-refractivity contribution < 1.29 is 9.18 Å². The maximum atomic E-state index is 13.6. The molecule has 0 spiro atoms. The van der Waals surface area contributed by atoms with E-state index in [-0.39, 0.29) is 29.1 Å². The zero-order valence-electron chi connectivity index (χ0n) is 16.5. The van der Waals surface area contributed by atoms with Gasteiger partial charge in [-0.1, -0.05) is 49.0 Å². The van der Waals surface area contributed by atoms with Crippen molar-refractivity contribution in [1.82, 2.24) is 14.9 Å². The van der Waals surface area contributed by atoms with Gasteiger partial charge in [-0.05, 0) is 43.5 Å². The van der Waals surface area contributed by atoms with Crippen molar-refractivity contribution in [2.45, 2.75) is 37.9 Å². The quantitative estimate of drug-likeness (QED) is 0.449. The smallest absolute Gasteiger partial charge is 0.262 e. The van der Waals surface area contributed by atoms with Gasteiger partial charge < -0.3 is 5.32 Å². The molecule has 1 aromatic heterocycles. The summed E-state index contributed by atoms with van der Waals surface area (Å²) in [5, 5.41) is 3.91. The SMILES string of the molecule is CC[C@H](C)n1c(SCC(=O)NCCc2ccccc2F)nc2ccccc2c1=O. The molecule has 0 aliphatic heterocycles. The molecule has 0 aliphatic carbocycles. The first-order chi connectivity index (χ1) is 14.0. The minimum atomic E-state index is -0.269. The number of amides is 1. The molecule has 1 N–H and O–H groups in total. The fraction of sp³-hybridized carbons (Fsp3) is 0.318. The van der Waals surface area contributed by atoms with Gasteiger partial charge in [-0.2, -0.15) is 0 Å². The molecule has 29 heavy (non-hydrogen) atoms. The van der Waals surface area contributed by atoms with Gasteiger partial charge in [0.25, 0.3) is 5.56 Å². The van der Waals surface area contributed by atoms with Crippen LogP contribution in [0.4, 0.5) is 4.39 Å². The first kappa shape index (κ1) is 21.0. The van der Waals surface area contributed by atoms with Crippen LogP contribution in [0.25, 0.3) is 10.9 Å². The average molecular weight is 414 g/mol. The molecular weight excluding hydrogens is 389 g/mol. The van der Waals surface area contributed by atoms with Crippen LogP contribution in [0, 0.1) is 5.82 Å². The van der Waals surface area contributed by atoms with Gasteiger partial charge in [-0.15, -0.1) is 0 Å². The van der Waals surface area contributed by atoms with Gasteiger partial charge in [0, 0.05) is 12.6 Å². The van der Waals surface area contributed by atoms with Crippen LogP contribution < -0.4 is 10.9 Å². The van der Waals surface area contributed by atoms with Crippen molar-refractivity contribution in [3.8, 4) is 0 Å². The monoisotopic (exact) mass is 413 g/mol. The van der Waals surface area contributed by atoms with Crippen LogP contribution in [-0.4, -0.2) is 27.8 Å². The van der Waals surface area contributed by atoms with Gasteiger partial charge in [0.1, 0.15) is 5.82 Å². The first-order valence-electron chi connectivity index (χ1n) is 9.65. The molecule has 1 heterocycles. The number of hydrogen-bond acceptors (Lipinski definition) is 4. The summed E-state index contributed by atoms with van der Waals surface area (Å²) in [7, 11) is 0. The second kappa shape index (κ2) is 9.69. The van der Waals surface area contributed by atoms with Gasteiger partial charge >= 0.3 is 0 Å². The Labute approximate surface area is 173 Å². The van der Waals surface area contributed by atoms with E-state index in [0.29, 0.717) is 34.6 Å². The maximum absolute atomic E-state index is 13.6. The van der Waals surface area contributed by atoms with E-state index < -0.39 is 0 Å². The second-order valence-electron chi connectivity index (χ2n) is 6.82. The molecule has 0 aliphatic rings. The maximum Gasteiger partial charge on any atom is 0.262 e. The number of hydrogen-bond donors (Lipinski definition) is 1. The molecule has 3 rings (SSSR count). The third-order valence-electron chi connectivity index (χ3n) is 4.81. The molecule has 0 fully saturated rings. The molecule has 3 aromatic rings. The van der Waals surface area contributed by atoms with Crippen molar-refractivity contribution in [3.05, 3.63) is 70.3 Å². The molecule has 1 atom stereocenters. The number of nitrogens with one attached hydrogen (secondary N) is 1. The largest absolute Gasteiger partial charge is 0.355 e. The third-order valence-corrected chi connectivity index (χ3v) is 5.77. The van der Waals surface area contributed by atoms with Gasteiger partial charge in [0.15, 0.2) is 5.16 Å². The number of benzene rings is 2.